The van der Waals surface area contributed by atoms with Crippen molar-refractivity contribution in [2.45, 2.75) is 44.0 Å². The molecule has 1 aromatic carbocycles. The van der Waals surface area contributed by atoms with Gasteiger partial charge in [0.25, 0.3) is 0 Å². The standard InChI is InChI=1S/C21H25ClO6/c22-15-6-5-7-17(12-15)27-13-16(23)10-11-20-18(19(24)14-28-20)8-3-1-2-4-9-21(25)26/h1,3,5-7,12,16,18-20,23-24H,2,4,8-9,13-14H2,(H,25,26)/b3-1-/t16-,18+,19+,20?/m1/s1. The zero-order valence-corrected chi connectivity index (χ0v) is 16.2. The zero-order chi connectivity index (χ0) is 20.4. The Morgan fingerprint density at radius 2 is 2.25 bits per heavy atom. The third-order valence-corrected chi connectivity index (χ3v) is 4.50. The predicted molar refractivity (Wildman–Crippen MR) is 105 cm³/mol. The van der Waals surface area contributed by atoms with Gasteiger partial charge in [-0.25, -0.2) is 0 Å². The van der Waals surface area contributed by atoms with E-state index in [0.29, 0.717) is 30.0 Å². The average Bonchev–Trinajstić information content (AvgIpc) is 3.01. The fourth-order valence-electron chi connectivity index (χ4n) is 2.77. The number of aliphatic hydroxyl groups excluding tert-OH is 2. The first-order valence-electron chi connectivity index (χ1n) is 9.19. The van der Waals surface area contributed by atoms with Crippen LogP contribution in [0.15, 0.2) is 36.4 Å². The molecule has 1 saturated heterocycles. The van der Waals surface area contributed by atoms with Crippen LogP contribution in [-0.2, 0) is 9.53 Å². The van der Waals surface area contributed by atoms with Gasteiger partial charge >= 0.3 is 5.97 Å². The van der Waals surface area contributed by atoms with Crippen LogP contribution in [0.2, 0.25) is 5.02 Å². The van der Waals surface area contributed by atoms with Gasteiger partial charge in [-0.3, -0.25) is 4.79 Å². The molecule has 0 aliphatic carbocycles. The number of halogens is 1. The molecule has 0 bridgehead atoms. The van der Waals surface area contributed by atoms with Crippen molar-refractivity contribution in [3.8, 4) is 17.6 Å². The number of carboxylic acid groups (broad SMARTS) is 1. The third-order valence-electron chi connectivity index (χ3n) is 4.26. The molecule has 0 radical (unpaired) electrons. The lowest BCUT2D eigenvalue weighted by Crippen LogP contribution is -2.23. The van der Waals surface area contributed by atoms with Crippen LogP contribution in [0.3, 0.4) is 0 Å². The second-order valence-corrected chi connectivity index (χ2v) is 6.99. The van der Waals surface area contributed by atoms with Crippen LogP contribution >= 0.6 is 11.6 Å². The van der Waals surface area contributed by atoms with E-state index >= 15 is 0 Å². The summed E-state index contributed by atoms with van der Waals surface area (Å²) >= 11 is 5.88. The molecule has 2 rings (SSSR count). The number of carbonyl (C=O) groups is 1. The van der Waals surface area contributed by atoms with Crippen molar-refractivity contribution in [3.63, 3.8) is 0 Å². The van der Waals surface area contributed by atoms with E-state index in [1.807, 2.05) is 12.2 Å². The van der Waals surface area contributed by atoms with Crippen molar-refractivity contribution in [3.05, 3.63) is 41.4 Å². The maximum atomic E-state index is 10.5. The van der Waals surface area contributed by atoms with E-state index in [1.54, 1.807) is 24.3 Å². The maximum Gasteiger partial charge on any atom is 0.303 e. The fourth-order valence-corrected chi connectivity index (χ4v) is 2.96. The summed E-state index contributed by atoms with van der Waals surface area (Å²) in [5.74, 6) is 5.13. The fraction of sp³-hybridized carbons (Fsp3) is 0.476. The summed E-state index contributed by atoms with van der Waals surface area (Å²) in [6, 6.07) is 6.87. The summed E-state index contributed by atoms with van der Waals surface area (Å²) in [6.07, 6.45) is 3.70. The first-order chi connectivity index (χ1) is 13.5. The molecule has 1 heterocycles. The summed E-state index contributed by atoms with van der Waals surface area (Å²) in [7, 11) is 0. The summed E-state index contributed by atoms with van der Waals surface area (Å²) in [5.41, 5.74) is 0. The van der Waals surface area contributed by atoms with Gasteiger partial charge in [0.15, 0.2) is 0 Å². The van der Waals surface area contributed by atoms with Gasteiger partial charge in [-0.15, -0.1) is 0 Å². The minimum atomic E-state index is -0.993. The molecular formula is C21H25ClO6. The van der Waals surface area contributed by atoms with Crippen molar-refractivity contribution in [2.75, 3.05) is 13.2 Å². The molecule has 0 amide bonds. The number of aliphatic hydroxyl groups is 2. The molecular weight excluding hydrogens is 384 g/mol. The lowest BCUT2D eigenvalue weighted by atomic mass is 9.95. The minimum absolute atomic E-state index is 0.00321. The molecule has 28 heavy (non-hydrogen) atoms. The molecule has 1 aromatic rings. The van der Waals surface area contributed by atoms with Crippen LogP contribution in [0.25, 0.3) is 0 Å². The van der Waals surface area contributed by atoms with E-state index in [-0.39, 0.29) is 25.6 Å². The normalized spacial score (nSPS) is 22.6. The largest absolute Gasteiger partial charge is 0.490 e. The second-order valence-electron chi connectivity index (χ2n) is 6.55. The highest BCUT2D eigenvalue weighted by atomic mass is 35.5. The van der Waals surface area contributed by atoms with Gasteiger partial charge in [-0.05, 0) is 37.5 Å². The summed E-state index contributed by atoms with van der Waals surface area (Å²) in [5, 5.41) is 29.2. The van der Waals surface area contributed by atoms with Crippen molar-refractivity contribution in [2.24, 2.45) is 5.92 Å². The van der Waals surface area contributed by atoms with Crippen LogP contribution in [0.4, 0.5) is 0 Å². The van der Waals surface area contributed by atoms with E-state index in [9.17, 15) is 15.0 Å². The van der Waals surface area contributed by atoms with E-state index in [2.05, 4.69) is 11.8 Å². The van der Waals surface area contributed by atoms with Gasteiger partial charge < -0.3 is 24.8 Å². The Bertz CT molecular complexity index is 723. The first kappa shape index (κ1) is 22.3. The summed E-state index contributed by atoms with van der Waals surface area (Å²) in [4.78, 5) is 10.5. The van der Waals surface area contributed by atoms with Gasteiger partial charge in [0, 0.05) is 17.4 Å². The molecule has 0 saturated carbocycles. The average molecular weight is 409 g/mol. The number of aliphatic carboxylic acids is 1. The Hall–Kier alpha value is -2.04. The minimum Gasteiger partial charge on any atom is -0.490 e. The van der Waals surface area contributed by atoms with E-state index in [0.717, 1.165) is 0 Å². The van der Waals surface area contributed by atoms with Crippen molar-refractivity contribution >= 4 is 17.6 Å². The molecule has 1 unspecified atom stereocenters. The molecule has 0 spiro atoms. The molecule has 0 aromatic heterocycles. The predicted octanol–water partition coefficient (Wildman–Crippen LogP) is 2.66. The smallest absolute Gasteiger partial charge is 0.303 e. The number of hydrogen-bond acceptors (Lipinski definition) is 5. The van der Waals surface area contributed by atoms with Crippen molar-refractivity contribution in [1.29, 1.82) is 0 Å². The number of unbranched alkanes of at least 4 members (excludes halogenated alkanes) is 1. The first-order valence-corrected chi connectivity index (χ1v) is 9.57. The van der Waals surface area contributed by atoms with Crippen LogP contribution in [-0.4, -0.2) is 52.8 Å². The van der Waals surface area contributed by atoms with Crippen LogP contribution in [0, 0.1) is 17.8 Å². The van der Waals surface area contributed by atoms with Crippen molar-refractivity contribution in [1.82, 2.24) is 0 Å². The highest BCUT2D eigenvalue weighted by Crippen LogP contribution is 2.25. The van der Waals surface area contributed by atoms with Gasteiger partial charge in [-0.1, -0.05) is 41.7 Å². The highest BCUT2D eigenvalue weighted by Gasteiger charge is 2.34. The van der Waals surface area contributed by atoms with Crippen LogP contribution in [0.5, 0.6) is 5.75 Å². The molecule has 1 aliphatic heterocycles. The molecule has 4 atom stereocenters. The molecule has 1 aliphatic rings. The van der Waals surface area contributed by atoms with Crippen LogP contribution in [0.1, 0.15) is 25.7 Å². The van der Waals surface area contributed by atoms with Gasteiger partial charge in [-0.2, -0.15) is 0 Å². The Morgan fingerprint density at radius 1 is 1.43 bits per heavy atom. The monoisotopic (exact) mass is 408 g/mol. The molecule has 7 heteroatoms. The number of carboxylic acids is 1. The van der Waals surface area contributed by atoms with Gasteiger partial charge in [0.05, 0.1) is 12.7 Å². The van der Waals surface area contributed by atoms with Gasteiger partial charge in [0.2, 0.25) is 0 Å². The van der Waals surface area contributed by atoms with E-state index < -0.39 is 24.3 Å². The van der Waals surface area contributed by atoms with E-state index in [4.69, 9.17) is 26.2 Å². The summed E-state index contributed by atoms with van der Waals surface area (Å²) in [6.45, 7) is 0.197. The quantitative estimate of drug-likeness (QED) is 0.330. The lowest BCUT2D eigenvalue weighted by Gasteiger charge is -2.14. The molecule has 3 N–H and O–H groups in total. The Morgan fingerprint density at radius 3 is 3.00 bits per heavy atom. The maximum absolute atomic E-state index is 10.5. The molecule has 1 fully saturated rings. The van der Waals surface area contributed by atoms with Gasteiger partial charge in [0.1, 0.15) is 24.6 Å². The molecule has 152 valence electrons. The van der Waals surface area contributed by atoms with E-state index in [1.165, 1.54) is 0 Å². The summed E-state index contributed by atoms with van der Waals surface area (Å²) < 4.78 is 11.0. The number of benzene rings is 1. The molecule has 6 nitrogen and oxygen atoms in total. The SMILES string of the molecule is O=C(O)CCC/C=C\C[C@@H]1C(C#C[C@@H](O)COc2cccc(Cl)c2)OC[C@@H]1O. The topological polar surface area (TPSA) is 96.2 Å². The Balaban J connectivity index is 1.79. The van der Waals surface area contributed by atoms with Crippen LogP contribution < -0.4 is 4.74 Å². The highest BCUT2D eigenvalue weighted by molar-refractivity contribution is 6.30. The third kappa shape index (κ3) is 7.91. The Kier molecular flexibility index (Phi) is 9.32. The number of rotatable bonds is 9. The second kappa shape index (κ2) is 11.7. The number of allylic oxidation sites excluding steroid dienone is 2. The van der Waals surface area contributed by atoms with Crippen molar-refractivity contribution < 1.29 is 29.6 Å². The zero-order valence-electron chi connectivity index (χ0n) is 15.5. The number of hydrogen-bond donors (Lipinski definition) is 3. The lowest BCUT2D eigenvalue weighted by molar-refractivity contribution is -0.137. The number of ether oxygens (including phenoxy) is 2. The Labute approximate surface area is 169 Å².